The first-order chi connectivity index (χ1) is 12.0. The molecule has 25 heavy (non-hydrogen) atoms. The number of ether oxygens (including phenoxy) is 1. The lowest BCUT2D eigenvalue weighted by Crippen LogP contribution is -2.38. The second-order valence-electron chi connectivity index (χ2n) is 6.45. The molecule has 0 heterocycles. The Bertz CT molecular complexity index is 756. The number of carbonyl (C=O) groups excluding carboxylic acids is 2. The molecule has 0 bridgehead atoms. The molecule has 1 aliphatic carbocycles. The number of rotatable bonds is 4. The van der Waals surface area contributed by atoms with E-state index in [9.17, 15) is 9.59 Å². The van der Waals surface area contributed by atoms with Gasteiger partial charge in [0.05, 0.1) is 0 Å². The molecule has 2 aromatic rings. The zero-order valence-corrected chi connectivity index (χ0v) is 14.7. The maximum atomic E-state index is 12.2. The summed E-state index contributed by atoms with van der Waals surface area (Å²) in [5.41, 5.74) is 4.72. The molecule has 2 amide bonds. The molecule has 0 atom stereocenters. The molecule has 1 aliphatic rings. The van der Waals surface area contributed by atoms with Gasteiger partial charge in [-0.1, -0.05) is 48.5 Å². The molecule has 0 saturated heterocycles. The first-order valence-corrected chi connectivity index (χ1v) is 8.25. The van der Waals surface area contributed by atoms with Crippen LogP contribution in [0.4, 0.5) is 4.79 Å². The van der Waals surface area contributed by atoms with E-state index in [0.29, 0.717) is 0 Å². The van der Waals surface area contributed by atoms with Gasteiger partial charge in [-0.25, -0.2) is 4.79 Å². The van der Waals surface area contributed by atoms with E-state index in [1.165, 1.54) is 32.1 Å². The summed E-state index contributed by atoms with van der Waals surface area (Å²) in [5, 5.41) is 0. The molecule has 0 radical (unpaired) electrons. The number of hydrogen-bond acceptors (Lipinski definition) is 3. The van der Waals surface area contributed by atoms with E-state index < -0.39 is 6.09 Å². The highest BCUT2D eigenvalue weighted by atomic mass is 16.6. The van der Waals surface area contributed by atoms with Crippen molar-refractivity contribution in [2.75, 3.05) is 34.3 Å². The van der Waals surface area contributed by atoms with Crippen molar-refractivity contribution < 1.29 is 14.3 Å². The number of fused-ring (bicyclic) bond motifs is 3. The van der Waals surface area contributed by atoms with Crippen LogP contribution in [0.3, 0.4) is 0 Å². The first-order valence-electron chi connectivity index (χ1n) is 8.25. The van der Waals surface area contributed by atoms with Gasteiger partial charge in [-0.2, -0.15) is 0 Å². The lowest BCUT2D eigenvalue weighted by Gasteiger charge is -2.20. The Morgan fingerprint density at radius 1 is 0.920 bits per heavy atom. The molecule has 0 N–H and O–H groups in total. The minimum atomic E-state index is -0.489. The molecular weight excluding hydrogens is 316 g/mol. The van der Waals surface area contributed by atoms with Crippen LogP contribution in [0.25, 0.3) is 11.1 Å². The first kappa shape index (κ1) is 17.0. The summed E-state index contributed by atoms with van der Waals surface area (Å²) in [7, 11) is 4.89. The number of carbonyl (C=O) groups is 2. The average Bonchev–Trinajstić information content (AvgIpc) is 2.93. The average molecular weight is 338 g/mol. The standard InChI is InChI=1S/C20H22N2O3/c1-21(2)19(23)12-22(3)20(24)25-13-18-16-10-6-4-8-14(16)15-9-5-7-11-17(15)18/h4-11,18H,12-13H2,1-3H3. The van der Waals surface area contributed by atoms with Gasteiger partial charge < -0.3 is 14.5 Å². The van der Waals surface area contributed by atoms with Gasteiger partial charge in [-0.05, 0) is 22.3 Å². The zero-order chi connectivity index (χ0) is 18.0. The van der Waals surface area contributed by atoms with Gasteiger partial charge in [0.1, 0.15) is 13.2 Å². The molecule has 3 rings (SSSR count). The fourth-order valence-electron chi connectivity index (χ4n) is 3.11. The van der Waals surface area contributed by atoms with E-state index >= 15 is 0 Å². The van der Waals surface area contributed by atoms with Crippen molar-refractivity contribution in [3.63, 3.8) is 0 Å². The van der Waals surface area contributed by atoms with E-state index in [-0.39, 0.29) is 25.0 Å². The van der Waals surface area contributed by atoms with Crippen LogP contribution in [0.2, 0.25) is 0 Å². The van der Waals surface area contributed by atoms with Crippen molar-refractivity contribution in [3.8, 4) is 11.1 Å². The normalized spacial score (nSPS) is 12.3. The van der Waals surface area contributed by atoms with Gasteiger partial charge in [-0.15, -0.1) is 0 Å². The highest BCUT2D eigenvalue weighted by molar-refractivity contribution is 5.82. The maximum absolute atomic E-state index is 12.2. The van der Waals surface area contributed by atoms with Gasteiger partial charge in [-0.3, -0.25) is 4.79 Å². The fourth-order valence-corrected chi connectivity index (χ4v) is 3.11. The third-order valence-corrected chi connectivity index (χ3v) is 4.52. The van der Waals surface area contributed by atoms with Crippen LogP contribution in [0.1, 0.15) is 17.0 Å². The largest absolute Gasteiger partial charge is 0.448 e. The molecule has 0 aromatic heterocycles. The van der Waals surface area contributed by atoms with Crippen molar-refractivity contribution in [3.05, 3.63) is 59.7 Å². The van der Waals surface area contributed by atoms with Crippen molar-refractivity contribution >= 4 is 12.0 Å². The fraction of sp³-hybridized carbons (Fsp3) is 0.300. The van der Waals surface area contributed by atoms with E-state index in [2.05, 4.69) is 24.3 Å². The Labute approximate surface area is 147 Å². The molecule has 2 aromatic carbocycles. The summed E-state index contributed by atoms with van der Waals surface area (Å²) >= 11 is 0. The van der Waals surface area contributed by atoms with Gasteiger partial charge in [0.25, 0.3) is 0 Å². The van der Waals surface area contributed by atoms with Crippen molar-refractivity contribution in [2.24, 2.45) is 0 Å². The monoisotopic (exact) mass is 338 g/mol. The van der Waals surface area contributed by atoms with Crippen molar-refractivity contribution in [1.82, 2.24) is 9.80 Å². The highest BCUT2D eigenvalue weighted by Gasteiger charge is 2.29. The quantitative estimate of drug-likeness (QED) is 0.861. The maximum Gasteiger partial charge on any atom is 0.409 e. The van der Waals surface area contributed by atoms with E-state index in [1.807, 2.05) is 24.3 Å². The van der Waals surface area contributed by atoms with Gasteiger partial charge in [0.15, 0.2) is 0 Å². The SMILES string of the molecule is CN(C)C(=O)CN(C)C(=O)OCC1c2ccccc2-c2ccccc21. The number of likely N-dealkylation sites (N-methyl/N-ethyl adjacent to an activating group) is 2. The van der Waals surface area contributed by atoms with Gasteiger partial charge >= 0.3 is 6.09 Å². The summed E-state index contributed by atoms with van der Waals surface area (Å²) in [6.45, 7) is 0.261. The summed E-state index contributed by atoms with van der Waals surface area (Å²) in [5.74, 6) is -0.120. The summed E-state index contributed by atoms with van der Waals surface area (Å²) in [6, 6.07) is 16.4. The summed E-state index contributed by atoms with van der Waals surface area (Å²) in [4.78, 5) is 26.7. The minimum Gasteiger partial charge on any atom is -0.448 e. The Hall–Kier alpha value is -2.82. The van der Waals surface area contributed by atoms with E-state index in [4.69, 9.17) is 4.74 Å². The van der Waals surface area contributed by atoms with Crippen molar-refractivity contribution in [2.45, 2.75) is 5.92 Å². The molecule has 0 unspecified atom stereocenters. The summed E-state index contributed by atoms with van der Waals surface area (Å²) < 4.78 is 5.50. The van der Waals surface area contributed by atoms with Crippen LogP contribution in [0.15, 0.2) is 48.5 Å². The highest BCUT2D eigenvalue weighted by Crippen LogP contribution is 2.44. The Morgan fingerprint density at radius 2 is 1.44 bits per heavy atom. The molecule has 0 spiro atoms. The molecule has 0 saturated carbocycles. The molecular formula is C20H22N2O3. The topological polar surface area (TPSA) is 49.9 Å². The summed E-state index contributed by atoms with van der Waals surface area (Å²) in [6.07, 6.45) is -0.489. The number of hydrogen-bond donors (Lipinski definition) is 0. The van der Waals surface area contributed by atoms with E-state index in [0.717, 1.165) is 0 Å². The van der Waals surface area contributed by atoms with E-state index in [1.54, 1.807) is 21.1 Å². The lowest BCUT2D eigenvalue weighted by molar-refractivity contribution is -0.129. The van der Waals surface area contributed by atoms with Crippen LogP contribution in [-0.2, 0) is 9.53 Å². The number of nitrogens with zero attached hydrogens (tertiary/aromatic N) is 2. The molecule has 130 valence electrons. The third-order valence-electron chi connectivity index (χ3n) is 4.52. The smallest absolute Gasteiger partial charge is 0.409 e. The second kappa shape index (κ2) is 6.97. The Morgan fingerprint density at radius 3 is 1.96 bits per heavy atom. The second-order valence-corrected chi connectivity index (χ2v) is 6.45. The predicted octanol–water partition coefficient (Wildman–Crippen LogP) is 2.96. The van der Waals surface area contributed by atoms with Gasteiger partial charge in [0, 0.05) is 27.1 Å². The molecule has 0 aliphatic heterocycles. The van der Waals surface area contributed by atoms with Crippen molar-refractivity contribution in [1.29, 1.82) is 0 Å². The Balaban J connectivity index is 1.71. The van der Waals surface area contributed by atoms with Crippen LogP contribution >= 0.6 is 0 Å². The Kier molecular flexibility index (Phi) is 4.74. The molecule has 5 nitrogen and oxygen atoms in total. The van der Waals surface area contributed by atoms with Crippen LogP contribution in [-0.4, -0.2) is 56.1 Å². The van der Waals surface area contributed by atoms with Crippen LogP contribution in [0.5, 0.6) is 0 Å². The third kappa shape index (κ3) is 3.36. The lowest BCUT2D eigenvalue weighted by atomic mass is 9.98. The molecule has 5 heteroatoms. The van der Waals surface area contributed by atoms with Gasteiger partial charge in [0.2, 0.25) is 5.91 Å². The zero-order valence-electron chi connectivity index (χ0n) is 14.7. The number of amides is 2. The predicted molar refractivity (Wildman–Crippen MR) is 96.4 cm³/mol. The van der Waals surface area contributed by atoms with Crippen LogP contribution < -0.4 is 0 Å². The minimum absolute atomic E-state index is 0.00364. The van der Waals surface area contributed by atoms with Crippen LogP contribution in [0, 0.1) is 0 Å². The molecule has 0 fully saturated rings. The number of benzene rings is 2.